The van der Waals surface area contributed by atoms with Crippen molar-refractivity contribution in [3.8, 4) is 0 Å². The Labute approximate surface area is 113 Å². The van der Waals surface area contributed by atoms with Crippen LogP contribution in [0.5, 0.6) is 0 Å². The van der Waals surface area contributed by atoms with Gasteiger partial charge in [0.25, 0.3) is 0 Å². The third-order valence-electron chi connectivity index (χ3n) is 3.90. The largest absolute Gasteiger partial charge is 0.441 e. The van der Waals surface area contributed by atoms with E-state index in [2.05, 4.69) is 47.5 Å². The molecule has 2 aromatic rings. The number of aromatic nitrogens is 1. The van der Waals surface area contributed by atoms with E-state index >= 15 is 0 Å². The molecule has 1 aliphatic heterocycles. The highest BCUT2D eigenvalue weighted by atomic mass is 16.3. The van der Waals surface area contributed by atoms with Gasteiger partial charge < -0.3 is 14.6 Å². The number of benzene rings is 1. The first kappa shape index (κ1) is 12.6. The summed E-state index contributed by atoms with van der Waals surface area (Å²) in [4.78, 5) is 6.65. The summed E-state index contributed by atoms with van der Waals surface area (Å²) in [6.07, 6.45) is 2.50. The molecule has 1 aliphatic rings. The molecule has 1 fully saturated rings. The van der Waals surface area contributed by atoms with Crippen molar-refractivity contribution in [2.45, 2.75) is 31.8 Å². The van der Waals surface area contributed by atoms with Gasteiger partial charge in [-0.1, -0.05) is 6.07 Å². The van der Waals surface area contributed by atoms with Gasteiger partial charge in [0.15, 0.2) is 11.5 Å². The van der Waals surface area contributed by atoms with Crippen LogP contribution in [-0.2, 0) is 0 Å². The van der Waals surface area contributed by atoms with Crippen LogP contribution in [0.25, 0.3) is 11.1 Å². The van der Waals surface area contributed by atoms with Gasteiger partial charge in [-0.15, -0.1) is 0 Å². The van der Waals surface area contributed by atoms with E-state index in [0.717, 1.165) is 23.5 Å². The van der Waals surface area contributed by atoms with Crippen LogP contribution in [-0.4, -0.2) is 36.6 Å². The molecule has 2 atom stereocenters. The average molecular weight is 259 g/mol. The molecule has 0 spiro atoms. The van der Waals surface area contributed by atoms with Crippen molar-refractivity contribution < 1.29 is 4.42 Å². The third kappa shape index (κ3) is 2.38. The Morgan fingerprint density at radius 2 is 2.26 bits per heavy atom. The molecule has 4 nitrogen and oxygen atoms in total. The van der Waals surface area contributed by atoms with Crippen molar-refractivity contribution in [2.24, 2.45) is 0 Å². The SMILES string of the molecule is Cc1nc2ccc(C(C3CCCN3)N(C)C)cc2o1. The fourth-order valence-electron chi connectivity index (χ4n) is 3.11. The van der Waals surface area contributed by atoms with Gasteiger partial charge in [-0.25, -0.2) is 4.98 Å². The Balaban J connectivity index is 1.99. The van der Waals surface area contributed by atoms with Crippen LogP contribution >= 0.6 is 0 Å². The molecule has 3 rings (SSSR count). The Hall–Kier alpha value is -1.39. The van der Waals surface area contributed by atoms with Gasteiger partial charge in [0, 0.05) is 19.0 Å². The van der Waals surface area contributed by atoms with Gasteiger partial charge in [0.1, 0.15) is 5.52 Å². The molecule has 1 aromatic carbocycles. The lowest BCUT2D eigenvalue weighted by molar-refractivity contribution is 0.244. The van der Waals surface area contributed by atoms with Crippen LogP contribution < -0.4 is 5.32 Å². The number of nitrogens with zero attached hydrogens (tertiary/aromatic N) is 2. The number of hydrogen-bond donors (Lipinski definition) is 1. The van der Waals surface area contributed by atoms with Gasteiger partial charge >= 0.3 is 0 Å². The zero-order valence-corrected chi connectivity index (χ0v) is 11.8. The summed E-state index contributed by atoms with van der Waals surface area (Å²) in [6, 6.07) is 7.29. The topological polar surface area (TPSA) is 41.3 Å². The van der Waals surface area contributed by atoms with Crippen molar-refractivity contribution in [1.82, 2.24) is 15.2 Å². The van der Waals surface area contributed by atoms with Crippen molar-refractivity contribution in [3.63, 3.8) is 0 Å². The summed E-state index contributed by atoms with van der Waals surface area (Å²) in [5.74, 6) is 0.729. The number of aryl methyl sites for hydroxylation is 1. The van der Waals surface area contributed by atoms with E-state index in [9.17, 15) is 0 Å². The lowest BCUT2D eigenvalue weighted by Gasteiger charge is -2.30. The minimum absolute atomic E-state index is 0.386. The Kier molecular flexibility index (Phi) is 3.29. The van der Waals surface area contributed by atoms with E-state index in [4.69, 9.17) is 4.42 Å². The number of hydrogen-bond acceptors (Lipinski definition) is 4. The first-order chi connectivity index (χ1) is 9.15. The van der Waals surface area contributed by atoms with Gasteiger partial charge in [-0.05, 0) is 51.2 Å². The molecule has 4 heteroatoms. The quantitative estimate of drug-likeness (QED) is 0.919. The van der Waals surface area contributed by atoms with E-state index < -0.39 is 0 Å². The molecular weight excluding hydrogens is 238 g/mol. The molecule has 0 bridgehead atoms. The van der Waals surface area contributed by atoms with E-state index in [0.29, 0.717) is 12.1 Å². The average Bonchev–Trinajstić information content (AvgIpc) is 2.96. The number of likely N-dealkylation sites (N-methyl/N-ethyl adjacent to an activating group) is 1. The predicted octanol–water partition coefficient (Wildman–Crippen LogP) is 2.49. The summed E-state index contributed by atoms with van der Waals surface area (Å²) < 4.78 is 5.65. The van der Waals surface area contributed by atoms with Gasteiger partial charge in [0.05, 0.1) is 0 Å². The number of nitrogens with one attached hydrogen (secondary N) is 1. The molecule has 0 radical (unpaired) electrons. The Morgan fingerprint density at radius 3 is 2.95 bits per heavy atom. The molecule has 1 N–H and O–H groups in total. The molecular formula is C15H21N3O. The van der Waals surface area contributed by atoms with Crippen molar-refractivity contribution in [3.05, 3.63) is 29.7 Å². The second-order valence-electron chi connectivity index (χ2n) is 5.57. The normalized spacial score (nSPS) is 21.4. The van der Waals surface area contributed by atoms with Gasteiger partial charge in [-0.3, -0.25) is 0 Å². The maximum atomic E-state index is 5.65. The fraction of sp³-hybridized carbons (Fsp3) is 0.533. The van der Waals surface area contributed by atoms with E-state index in [1.54, 1.807) is 0 Å². The number of oxazole rings is 1. The second kappa shape index (κ2) is 4.94. The molecule has 2 unspecified atom stereocenters. The first-order valence-electron chi connectivity index (χ1n) is 6.92. The molecule has 1 aromatic heterocycles. The maximum absolute atomic E-state index is 5.65. The number of rotatable bonds is 3. The van der Waals surface area contributed by atoms with Crippen LogP contribution in [0.1, 0.15) is 30.3 Å². The molecule has 0 saturated carbocycles. The summed E-state index contributed by atoms with van der Waals surface area (Å²) in [5.41, 5.74) is 3.13. The van der Waals surface area contributed by atoms with E-state index in [1.807, 2.05) is 6.92 Å². The Bertz CT molecular complexity index is 570. The van der Waals surface area contributed by atoms with Crippen molar-refractivity contribution in [1.29, 1.82) is 0 Å². The van der Waals surface area contributed by atoms with Crippen LogP contribution in [0, 0.1) is 6.92 Å². The highest BCUT2D eigenvalue weighted by molar-refractivity contribution is 5.73. The van der Waals surface area contributed by atoms with Crippen LogP contribution in [0.15, 0.2) is 22.6 Å². The highest BCUT2D eigenvalue weighted by Gasteiger charge is 2.28. The minimum Gasteiger partial charge on any atom is -0.441 e. The second-order valence-corrected chi connectivity index (χ2v) is 5.57. The first-order valence-corrected chi connectivity index (χ1v) is 6.92. The van der Waals surface area contributed by atoms with Crippen LogP contribution in [0.4, 0.5) is 0 Å². The lowest BCUT2D eigenvalue weighted by Crippen LogP contribution is -2.37. The van der Waals surface area contributed by atoms with Crippen molar-refractivity contribution in [2.75, 3.05) is 20.6 Å². The summed E-state index contributed by atoms with van der Waals surface area (Å²) in [7, 11) is 4.28. The molecule has 1 saturated heterocycles. The van der Waals surface area contributed by atoms with Gasteiger partial charge in [0.2, 0.25) is 0 Å². The maximum Gasteiger partial charge on any atom is 0.192 e. The smallest absolute Gasteiger partial charge is 0.192 e. The lowest BCUT2D eigenvalue weighted by atomic mass is 9.97. The monoisotopic (exact) mass is 259 g/mol. The fourth-order valence-corrected chi connectivity index (χ4v) is 3.11. The molecule has 2 heterocycles. The zero-order valence-electron chi connectivity index (χ0n) is 11.8. The minimum atomic E-state index is 0.386. The Morgan fingerprint density at radius 1 is 1.42 bits per heavy atom. The summed E-state index contributed by atoms with van der Waals surface area (Å²) in [5, 5.41) is 3.60. The van der Waals surface area contributed by atoms with Crippen LogP contribution in [0.3, 0.4) is 0 Å². The molecule has 19 heavy (non-hydrogen) atoms. The van der Waals surface area contributed by atoms with Crippen molar-refractivity contribution >= 4 is 11.1 Å². The molecule has 0 aliphatic carbocycles. The standard InChI is InChI=1S/C15H21N3O/c1-10-17-12-7-6-11(9-14(12)19-10)15(18(2)3)13-5-4-8-16-13/h6-7,9,13,15-16H,4-5,8H2,1-3H3. The highest BCUT2D eigenvalue weighted by Crippen LogP contribution is 2.29. The third-order valence-corrected chi connectivity index (χ3v) is 3.90. The molecule has 0 amide bonds. The van der Waals surface area contributed by atoms with Crippen LogP contribution in [0.2, 0.25) is 0 Å². The number of fused-ring (bicyclic) bond motifs is 1. The van der Waals surface area contributed by atoms with E-state index in [1.165, 1.54) is 18.4 Å². The van der Waals surface area contributed by atoms with E-state index in [-0.39, 0.29) is 0 Å². The molecule has 102 valence electrons. The zero-order chi connectivity index (χ0) is 13.4. The van der Waals surface area contributed by atoms with Gasteiger partial charge in [-0.2, -0.15) is 0 Å². The summed E-state index contributed by atoms with van der Waals surface area (Å²) in [6.45, 7) is 3.01. The predicted molar refractivity (Wildman–Crippen MR) is 76.2 cm³/mol. The summed E-state index contributed by atoms with van der Waals surface area (Å²) >= 11 is 0.